The maximum atomic E-state index is 15.6. The number of ether oxygens (including phenoxy) is 1. The van der Waals surface area contributed by atoms with Gasteiger partial charge in [-0.1, -0.05) is 0 Å². The molecule has 2 N–H and O–H groups in total. The van der Waals surface area contributed by atoms with E-state index in [0.29, 0.717) is 31.0 Å². The zero-order valence-corrected chi connectivity index (χ0v) is 23.0. The van der Waals surface area contributed by atoms with Gasteiger partial charge in [0.15, 0.2) is 17.4 Å². The predicted octanol–water partition coefficient (Wildman–Crippen LogP) is 5.07. The van der Waals surface area contributed by atoms with Gasteiger partial charge >= 0.3 is 5.97 Å². The van der Waals surface area contributed by atoms with Crippen LogP contribution in [-0.2, 0) is 21.5 Å². The van der Waals surface area contributed by atoms with Crippen molar-refractivity contribution in [2.75, 3.05) is 11.9 Å². The van der Waals surface area contributed by atoms with Crippen molar-refractivity contribution in [3.63, 3.8) is 0 Å². The minimum Gasteiger partial charge on any atom is -0.460 e. The molecule has 3 rings (SSSR count). The van der Waals surface area contributed by atoms with Crippen LogP contribution in [-0.4, -0.2) is 44.7 Å². The zero-order chi connectivity index (χ0) is 27.1. The van der Waals surface area contributed by atoms with Gasteiger partial charge in [-0.25, -0.2) is 9.37 Å². The van der Waals surface area contributed by atoms with E-state index in [4.69, 9.17) is 4.74 Å². The van der Waals surface area contributed by atoms with Crippen molar-refractivity contribution in [3.8, 4) is 0 Å². The molecule has 0 bridgehead atoms. The van der Waals surface area contributed by atoms with Crippen molar-refractivity contribution in [2.24, 2.45) is 5.41 Å². The van der Waals surface area contributed by atoms with E-state index in [9.17, 15) is 9.59 Å². The summed E-state index contributed by atoms with van der Waals surface area (Å²) in [5.74, 6) is -0.637. The van der Waals surface area contributed by atoms with E-state index < -0.39 is 22.6 Å². The summed E-state index contributed by atoms with van der Waals surface area (Å²) in [4.78, 5) is 30.3. The van der Waals surface area contributed by atoms with Gasteiger partial charge in [0.05, 0.1) is 22.2 Å². The van der Waals surface area contributed by atoms with E-state index in [0.717, 1.165) is 5.69 Å². The van der Waals surface area contributed by atoms with Crippen LogP contribution in [0.3, 0.4) is 0 Å². The lowest BCUT2D eigenvalue weighted by Crippen LogP contribution is -2.50. The van der Waals surface area contributed by atoms with Crippen LogP contribution in [0.25, 0.3) is 0 Å². The Labute approximate surface area is 213 Å². The molecule has 3 heterocycles. The highest BCUT2D eigenvalue weighted by Gasteiger charge is 2.45. The van der Waals surface area contributed by atoms with Gasteiger partial charge in [0.25, 0.3) is 0 Å². The Hall–Kier alpha value is -2.81. The number of halogens is 1. The average Bonchev–Trinajstić information content (AvgIpc) is 3.09. The first-order valence-corrected chi connectivity index (χ1v) is 12.5. The summed E-state index contributed by atoms with van der Waals surface area (Å²) in [6, 6.07) is 3.32. The van der Waals surface area contributed by atoms with E-state index in [1.54, 1.807) is 0 Å². The van der Waals surface area contributed by atoms with Crippen molar-refractivity contribution < 1.29 is 18.7 Å². The fourth-order valence-corrected chi connectivity index (χ4v) is 4.81. The van der Waals surface area contributed by atoms with Crippen molar-refractivity contribution in [3.05, 3.63) is 34.9 Å². The molecule has 198 valence electrons. The van der Waals surface area contributed by atoms with Crippen LogP contribution in [0.2, 0.25) is 0 Å². The number of piperidine rings is 1. The van der Waals surface area contributed by atoms with Crippen LogP contribution in [0.15, 0.2) is 12.1 Å². The molecule has 2 aromatic rings. The fourth-order valence-electron chi connectivity index (χ4n) is 4.81. The SMILES string of the molecule is CC(=O)c1cc(Nc2cc(C)n(C(C)(C)C)n2)nc(C[C@@]2(C(=O)OC(C)(C)C)CCN[C@H](C)C2)c1F. The number of nitrogens with zero attached hydrogens (tertiary/aromatic N) is 3. The monoisotopic (exact) mass is 501 g/mol. The summed E-state index contributed by atoms with van der Waals surface area (Å²) in [6.07, 6.45) is 0.992. The number of aryl methyl sites for hydroxylation is 1. The number of anilines is 2. The van der Waals surface area contributed by atoms with E-state index in [1.165, 1.54) is 13.0 Å². The summed E-state index contributed by atoms with van der Waals surface area (Å²) in [7, 11) is 0. The van der Waals surface area contributed by atoms with Crippen molar-refractivity contribution >= 4 is 23.4 Å². The molecule has 1 aliphatic heterocycles. The molecule has 36 heavy (non-hydrogen) atoms. The number of ketones is 1. The third-order valence-corrected chi connectivity index (χ3v) is 6.32. The van der Waals surface area contributed by atoms with Crippen LogP contribution >= 0.6 is 0 Å². The molecule has 0 aliphatic carbocycles. The number of esters is 1. The van der Waals surface area contributed by atoms with Gasteiger partial charge in [-0.3, -0.25) is 14.3 Å². The molecule has 0 unspecified atom stereocenters. The van der Waals surface area contributed by atoms with E-state index in [1.807, 2.05) is 45.4 Å². The Morgan fingerprint density at radius 2 is 1.89 bits per heavy atom. The Morgan fingerprint density at radius 3 is 2.42 bits per heavy atom. The molecule has 0 aromatic carbocycles. The standard InChI is InChI=1S/C27H40FN5O3/c1-16-14-27(10-11-29-16,24(35)36-26(7,8)9)15-20-23(28)19(18(3)34)13-21(30-20)31-22-12-17(2)33(32-22)25(4,5)6/h12-13,16,29H,10-11,14-15H2,1-9H3,(H,30,31,32)/t16-,27-/m1/s1. The van der Waals surface area contributed by atoms with Gasteiger partial charge in [-0.05, 0) is 87.8 Å². The third-order valence-electron chi connectivity index (χ3n) is 6.32. The van der Waals surface area contributed by atoms with E-state index in [-0.39, 0.29) is 35.2 Å². The molecule has 0 amide bonds. The van der Waals surface area contributed by atoms with Crippen LogP contribution in [0.5, 0.6) is 0 Å². The number of pyridine rings is 1. The number of nitrogens with one attached hydrogen (secondary N) is 2. The van der Waals surface area contributed by atoms with E-state index in [2.05, 4.69) is 41.5 Å². The van der Waals surface area contributed by atoms with Gasteiger partial charge in [-0.15, -0.1) is 0 Å². The molecule has 2 atom stereocenters. The number of rotatable bonds is 6. The Bertz CT molecular complexity index is 1150. The second-order valence-corrected chi connectivity index (χ2v) is 12.0. The lowest BCUT2D eigenvalue weighted by atomic mass is 9.72. The van der Waals surface area contributed by atoms with Crippen molar-refractivity contribution in [1.29, 1.82) is 0 Å². The third kappa shape index (κ3) is 6.30. The van der Waals surface area contributed by atoms with Crippen molar-refractivity contribution in [2.45, 2.75) is 98.8 Å². The molecule has 1 fully saturated rings. The normalized spacial score (nSPS) is 20.8. The summed E-state index contributed by atoms with van der Waals surface area (Å²) in [6.45, 7) is 17.5. The first-order valence-electron chi connectivity index (χ1n) is 12.5. The predicted molar refractivity (Wildman–Crippen MR) is 138 cm³/mol. The number of carbonyl (C=O) groups is 2. The number of hydrogen-bond acceptors (Lipinski definition) is 7. The van der Waals surface area contributed by atoms with Gasteiger partial charge in [0.1, 0.15) is 11.4 Å². The maximum Gasteiger partial charge on any atom is 0.313 e. The molecule has 8 nitrogen and oxygen atoms in total. The number of Topliss-reactive ketones (excluding diaryl/α,β-unsaturated/α-hetero) is 1. The highest BCUT2D eigenvalue weighted by atomic mass is 19.1. The molecule has 2 aromatic heterocycles. The van der Waals surface area contributed by atoms with Crippen LogP contribution in [0.4, 0.5) is 16.0 Å². The molecule has 0 radical (unpaired) electrons. The molecule has 0 spiro atoms. The lowest BCUT2D eigenvalue weighted by Gasteiger charge is -2.40. The highest BCUT2D eigenvalue weighted by Crippen LogP contribution is 2.38. The number of hydrogen-bond donors (Lipinski definition) is 2. The summed E-state index contributed by atoms with van der Waals surface area (Å²) in [5, 5.41) is 11.1. The molecular formula is C27H40FN5O3. The van der Waals surface area contributed by atoms with E-state index >= 15 is 4.39 Å². The first-order chi connectivity index (χ1) is 16.5. The second-order valence-electron chi connectivity index (χ2n) is 12.0. The Balaban J connectivity index is 2.04. The van der Waals surface area contributed by atoms with Crippen LogP contribution in [0, 0.1) is 18.2 Å². The van der Waals surface area contributed by atoms with Gasteiger partial charge in [0, 0.05) is 24.2 Å². The highest BCUT2D eigenvalue weighted by molar-refractivity contribution is 5.95. The van der Waals surface area contributed by atoms with Gasteiger partial charge < -0.3 is 15.4 Å². The number of aromatic nitrogens is 3. The molecule has 1 aliphatic rings. The summed E-state index contributed by atoms with van der Waals surface area (Å²) >= 11 is 0. The van der Waals surface area contributed by atoms with Crippen LogP contribution in [0.1, 0.15) is 90.0 Å². The maximum absolute atomic E-state index is 15.6. The first kappa shape index (κ1) is 27.8. The molecule has 0 saturated carbocycles. The Morgan fingerprint density at radius 1 is 1.22 bits per heavy atom. The number of carbonyl (C=O) groups excluding carboxylic acids is 2. The lowest BCUT2D eigenvalue weighted by molar-refractivity contribution is -0.170. The molecule has 9 heteroatoms. The summed E-state index contributed by atoms with van der Waals surface area (Å²) in [5.41, 5.74) is -0.911. The van der Waals surface area contributed by atoms with Gasteiger partial charge in [-0.2, -0.15) is 5.10 Å². The smallest absolute Gasteiger partial charge is 0.313 e. The average molecular weight is 502 g/mol. The van der Waals surface area contributed by atoms with Crippen LogP contribution < -0.4 is 10.6 Å². The topological polar surface area (TPSA) is 98.1 Å². The van der Waals surface area contributed by atoms with Crippen molar-refractivity contribution in [1.82, 2.24) is 20.1 Å². The molecular weight excluding hydrogens is 461 g/mol. The molecule has 1 saturated heterocycles. The Kier molecular flexibility index (Phi) is 7.65. The zero-order valence-electron chi connectivity index (χ0n) is 23.0. The minimum atomic E-state index is -0.955. The second kappa shape index (κ2) is 9.92. The fraction of sp³-hybridized carbons (Fsp3) is 0.630. The quantitative estimate of drug-likeness (QED) is 0.421. The summed E-state index contributed by atoms with van der Waals surface area (Å²) < 4.78 is 23.3. The largest absolute Gasteiger partial charge is 0.460 e. The minimum absolute atomic E-state index is 0.0328. The van der Waals surface area contributed by atoms with Gasteiger partial charge in [0.2, 0.25) is 0 Å².